The van der Waals surface area contributed by atoms with Gasteiger partial charge in [-0.2, -0.15) is 0 Å². The molecule has 0 aromatic carbocycles. The lowest BCUT2D eigenvalue weighted by Gasteiger charge is -2.15. The van der Waals surface area contributed by atoms with Gasteiger partial charge in [0.05, 0.1) is 11.4 Å². The second kappa shape index (κ2) is 8.47. The van der Waals surface area contributed by atoms with Gasteiger partial charge in [0.25, 0.3) is 0 Å². The SMILES string of the molecule is CO/N=C(\C)CC(/C=C/C(=O)O[Si](C)(C)C)=N\OC. The monoisotopic (exact) mass is 286 g/mol. The summed E-state index contributed by atoms with van der Waals surface area (Å²) in [6.45, 7) is 7.62. The zero-order chi connectivity index (χ0) is 14.9. The van der Waals surface area contributed by atoms with Crippen molar-refractivity contribution in [2.24, 2.45) is 10.3 Å². The fourth-order valence-corrected chi connectivity index (χ4v) is 1.86. The van der Waals surface area contributed by atoms with Gasteiger partial charge in [0.15, 0.2) is 0 Å². The first-order valence-corrected chi connectivity index (χ1v) is 9.27. The van der Waals surface area contributed by atoms with Crippen LogP contribution in [0, 0.1) is 0 Å². The van der Waals surface area contributed by atoms with E-state index in [1.165, 1.54) is 20.3 Å². The average molecular weight is 286 g/mol. The Morgan fingerprint density at radius 2 is 1.68 bits per heavy atom. The Hall–Kier alpha value is -1.63. The average Bonchev–Trinajstić information content (AvgIpc) is 2.24. The number of carbonyl (C=O) groups excluding carboxylic acids is 1. The van der Waals surface area contributed by atoms with Gasteiger partial charge >= 0.3 is 5.97 Å². The predicted octanol–water partition coefficient (Wildman–Crippen LogP) is 2.34. The maximum Gasteiger partial charge on any atom is 0.317 e. The minimum absolute atomic E-state index is 0.371. The predicted molar refractivity (Wildman–Crippen MR) is 77.8 cm³/mol. The summed E-state index contributed by atoms with van der Waals surface area (Å²) in [5, 5.41) is 7.58. The van der Waals surface area contributed by atoms with Gasteiger partial charge in [0.2, 0.25) is 8.32 Å². The third-order valence-electron chi connectivity index (χ3n) is 1.71. The lowest BCUT2D eigenvalue weighted by molar-refractivity contribution is -0.129. The Morgan fingerprint density at radius 3 is 2.16 bits per heavy atom. The van der Waals surface area contributed by atoms with Crippen LogP contribution in [0.1, 0.15) is 13.3 Å². The van der Waals surface area contributed by atoms with E-state index in [2.05, 4.69) is 15.1 Å². The third kappa shape index (κ3) is 10.0. The molecule has 0 aliphatic carbocycles. The molecule has 19 heavy (non-hydrogen) atoms. The molecule has 0 N–H and O–H groups in total. The van der Waals surface area contributed by atoms with Crippen molar-refractivity contribution in [3.05, 3.63) is 12.2 Å². The van der Waals surface area contributed by atoms with E-state index in [4.69, 9.17) is 9.26 Å². The second-order valence-electron chi connectivity index (χ2n) is 4.82. The van der Waals surface area contributed by atoms with Crippen LogP contribution in [0.4, 0.5) is 0 Å². The van der Waals surface area contributed by atoms with Crippen molar-refractivity contribution >= 4 is 25.7 Å². The molecule has 0 fully saturated rings. The van der Waals surface area contributed by atoms with E-state index in [0.717, 1.165) is 5.71 Å². The van der Waals surface area contributed by atoms with Gasteiger partial charge in [0.1, 0.15) is 14.2 Å². The smallest absolute Gasteiger partial charge is 0.317 e. The zero-order valence-electron chi connectivity index (χ0n) is 12.4. The standard InChI is InChI=1S/C12H22N2O4Si/c1-10(13-16-2)9-11(14-17-3)7-8-12(15)18-19(4,5)6/h7-8H,9H2,1-6H3/b8-7+,13-10+,14-11-. The van der Waals surface area contributed by atoms with Crippen molar-refractivity contribution < 1.29 is 18.9 Å². The maximum atomic E-state index is 11.6. The van der Waals surface area contributed by atoms with E-state index >= 15 is 0 Å². The number of hydrogen-bond acceptors (Lipinski definition) is 6. The number of carbonyl (C=O) groups is 1. The number of hydrogen-bond donors (Lipinski definition) is 0. The summed E-state index contributed by atoms with van der Waals surface area (Å²) >= 11 is 0. The molecule has 108 valence electrons. The lowest BCUT2D eigenvalue weighted by Crippen LogP contribution is -2.28. The minimum atomic E-state index is -1.87. The van der Waals surface area contributed by atoms with E-state index in [9.17, 15) is 4.79 Å². The Balaban J connectivity index is 4.64. The molecule has 0 unspecified atom stereocenters. The molecule has 0 atom stereocenters. The molecule has 0 heterocycles. The summed E-state index contributed by atoms with van der Waals surface area (Å²) in [4.78, 5) is 20.9. The number of oxime groups is 2. The first-order valence-electron chi connectivity index (χ1n) is 5.86. The highest BCUT2D eigenvalue weighted by Gasteiger charge is 2.18. The van der Waals surface area contributed by atoms with Crippen molar-refractivity contribution in [3.8, 4) is 0 Å². The van der Waals surface area contributed by atoms with Crippen LogP contribution in [0.2, 0.25) is 19.6 Å². The summed E-state index contributed by atoms with van der Waals surface area (Å²) in [6.07, 6.45) is 3.33. The number of nitrogens with zero attached hydrogens (tertiary/aromatic N) is 2. The van der Waals surface area contributed by atoms with Gasteiger partial charge in [-0.1, -0.05) is 10.3 Å². The topological polar surface area (TPSA) is 69.5 Å². The molecule has 7 heteroatoms. The molecule has 0 aromatic heterocycles. The van der Waals surface area contributed by atoms with Gasteiger partial charge in [0, 0.05) is 12.5 Å². The highest BCUT2D eigenvalue weighted by molar-refractivity contribution is 6.71. The van der Waals surface area contributed by atoms with Crippen LogP contribution >= 0.6 is 0 Å². The van der Waals surface area contributed by atoms with Crippen LogP contribution in [0.15, 0.2) is 22.5 Å². The van der Waals surface area contributed by atoms with Gasteiger partial charge < -0.3 is 14.1 Å². The highest BCUT2D eigenvalue weighted by Crippen LogP contribution is 2.04. The molecule has 0 saturated carbocycles. The Labute approximate surface area is 115 Å². The van der Waals surface area contributed by atoms with Crippen LogP contribution in [-0.2, 0) is 18.9 Å². The van der Waals surface area contributed by atoms with E-state index < -0.39 is 8.32 Å². The first kappa shape index (κ1) is 17.4. The minimum Gasteiger partial charge on any atom is -0.517 e. The van der Waals surface area contributed by atoms with Crippen LogP contribution in [0.25, 0.3) is 0 Å². The molecule has 0 spiro atoms. The fraction of sp³-hybridized carbons (Fsp3) is 0.583. The molecule has 0 aliphatic rings. The van der Waals surface area contributed by atoms with Crippen LogP contribution in [-0.4, -0.2) is 39.9 Å². The van der Waals surface area contributed by atoms with Crippen molar-refractivity contribution in [1.82, 2.24) is 0 Å². The molecule has 0 aliphatic heterocycles. The quantitative estimate of drug-likeness (QED) is 0.312. The Kier molecular flexibility index (Phi) is 7.74. The van der Waals surface area contributed by atoms with Crippen LogP contribution in [0.5, 0.6) is 0 Å². The van der Waals surface area contributed by atoms with Gasteiger partial charge in [-0.3, -0.25) is 0 Å². The van der Waals surface area contributed by atoms with Gasteiger partial charge in [-0.15, -0.1) is 0 Å². The molecule has 0 rings (SSSR count). The maximum absolute atomic E-state index is 11.6. The normalized spacial score (nSPS) is 13.6. The molecule has 0 radical (unpaired) electrons. The number of rotatable bonds is 7. The molecule has 6 nitrogen and oxygen atoms in total. The van der Waals surface area contributed by atoms with Crippen LogP contribution in [0.3, 0.4) is 0 Å². The summed E-state index contributed by atoms with van der Waals surface area (Å²) in [6, 6.07) is 0. The fourth-order valence-electron chi connectivity index (χ4n) is 1.19. The van der Waals surface area contributed by atoms with E-state index in [1.807, 2.05) is 19.6 Å². The summed E-state index contributed by atoms with van der Waals surface area (Å²) in [5.41, 5.74) is 1.29. The first-order chi connectivity index (χ1) is 8.78. The van der Waals surface area contributed by atoms with Crippen molar-refractivity contribution in [1.29, 1.82) is 0 Å². The molecule has 0 aromatic rings. The van der Waals surface area contributed by atoms with E-state index in [-0.39, 0.29) is 5.97 Å². The third-order valence-corrected chi connectivity index (χ3v) is 2.52. The van der Waals surface area contributed by atoms with Crippen LogP contribution < -0.4 is 0 Å². The van der Waals surface area contributed by atoms with Crippen molar-refractivity contribution in [2.75, 3.05) is 14.2 Å². The van der Waals surface area contributed by atoms with E-state index in [0.29, 0.717) is 12.1 Å². The zero-order valence-corrected chi connectivity index (χ0v) is 13.4. The molecule has 0 saturated heterocycles. The lowest BCUT2D eigenvalue weighted by atomic mass is 10.2. The van der Waals surface area contributed by atoms with Gasteiger partial charge in [-0.05, 0) is 32.6 Å². The molecular formula is C12H22N2O4Si. The largest absolute Gasteiger partial charge is 0.517 e. The van der Waals surface area contributed by atoms with Gasteiger partial charge in [-0.25, -0.2) is 4.79 Å². The molecular weight excluding hydrogens is 264 g/mol. The van der Waals surface area contributed by atoms with Crippen molar-refractivity contribution in [2.45, 2.75) is 33.0 Å². The Bertz CT molecular complexity index is 384. The molecule has 0 amide bonds. The molecule has 0 bridgehead atoms. The highest BCUT2D eigenvalue weighted by atomic mass is 28.4. The summed E-state index contributed by atoms with van der Waals surface area (Å²) in [5.74, 6) is -0.371. The summed E-state index contributed by atoms with van der Waals surface area (Å²) < 4.78 is 5.28. The second-order valence-corrected chi connectivity index (χ2v) is 9.25. The summed E-state index contributed by atoms with van der Waals surface area (Å²) in [7, 11) is 1.04. The van der Waals surface area contributed by atoms with E-state index in [1.54, 1.807) is 13.0 Å². The number of allylic oxidation sites excluding steroid dienone is 1. The van der Waals surface area contributed by atoms with Crippen molar-refractivity contribution in [3.63, 3.8) is 0 Å². The Morgan fingerprint density at radius 1 is 1.11 bits per heavy atom.